The summed E-state index contributed by atoms with van der Waals surface area (Å²) < 4.78 is 0. The summed E-state index contributed by atoms with van der Waals surface area (Å²) in [6.07, 6.45) is 4.05. The quantitative estimate of drug-likeness (QED) is 0.681. The minimum atomic E-state index is -0.617. The lowest BCUT2D eigenvalue weighted by Crippen LogP contribution is -2.69. The van der Waals surface area contributed by atoms with Gasteiger partial charge < -0.3 is 11.1 Å². The minimum absolute atomic E-state index is 0.191. The van der Waals surface area contributed by atoms with Gasteiger partial charge in [-0.05, 0) is 23.8 Å². The lowest BCUT2D eigenvalue weighted by molar-refractivity contribution is -0.451. The van der Waals surface area contributed by atoms with Crippen molar-refractivity contribution in [1.29, 1.82) is 5.26 Å². The van der Waals surface area contributed by atoms with Gasteiger partial charge in [0.2, 0.25) is 5.91 Å². The predicted molar refractivity (Wildman–Crippen MR) is 89.4 cm³/mol. The number of nitrogens with one attached hydrogen (secondary N) is 2. The number of carbonyl (C=O) groups excluding carboxylic acids is 1. The molecule has 7 heteroatoms. The molecule has 0 aliphatic carbocycles. The van der Waals surface area contributed by atoms with E-state index in [1.165, 1.54) is 6.33 Å². The Balaban J connectivity index is 2.12. The number of nitriles is 1. The molecule has 0 bridgehead atoms. The number of amides is 1. The van der Waals surface area contributed by atoms with Crippen molar-refractivity contribution >= 4 is 23.6 Å². The molecule has 24 heavy (non-hydrogen) atoms. The lowest BCUT2D eigenvalue weighted by Gasteiger charge is -2.11. The van der Waals surface area contributed by atoms with E-state index in [1.807, 2.05) is 0 Å². The molecule has 1 aromatic heterocycles. The Hall–Kier alpha value is -3.27. The van der Waals surface area contributed by atoms with Crippen LogP contribution in [-0.4, -0.2) is 28.6 Å². The van der Waals surface area contributed by atoms with Crippen LogP contribution in [0.2, 0.25) is 0 Å². The second-order valence-corrected chi connectivity index (χ2v) is 5.49. The van der Waals surface area contributed by atoms with Gasteiger partial charge in [-0.3, -0.25) is 4.79 Å². The third kappa shape index (κ3) is 2.70. The molecule has 0 fully saturated rings. The highest BCUT2D eigenvalue weighted by molar-refractivity contribution is 6.06. The second kappa shape index (κ2) is 6.46. The molecule has 0 spiro atoms. The summed E-state index contributed by atoms with van der Waals surface area (Å²) in [5, 5.41) is 11.9. The van der Waals surface area contributed by atoms with E-state index in [9.17, 15) is 4.79 Å². The lowest BCUT2D eigenvalue weighted by atomic mass is 9.93. The Labute approximate surface area is 139 Å². The topological polar surface area (TPSA) is 119 Å². The van der Waals surface area contributed by atoms with E-state index in [1.54, 1.807) is 24.4 Å². The van der Waals surface area contributed by atoms with E-state index in [4.69, 9.17) is 11.0 Å². The molecular formula is C17H17N6O+. The number of hydrogen-bond donors (Lipinski definition) is 3. The van der Waals surface area contributed by atoms with E-state index in [0.29, 0.717) is 28.3 Å². The van der Waals surface area contributed by atoms with Gasteiger partial charge in [0.15, 0.2) is 6.21 Å². The van der Waals surface area contributed by atoms with Crippen LogP contribution in [-0.2, 0) is 4.79 Å². The number of nitrogens with two attached hydrogens (primary N) is 1. The van der Waals surface area contributed by atoms with Crippen LogP contribution < -0.4 is 16.0 Å². The van der Waals surface area contributed by atoms with Crippen LogP contribution in [0.5, 0.6) is 0 Å². The van der Waals surface area contributed by atoms with Crippen molar-refractivity contribution in [1.82, 2.24) is 9.97 Å². The first-order valence-corrected chi connectivity index (χ1v) is 7.67. The largest absolute Gasteiger partial charge is 0.383 e. The molecule has 1 aliphatic rings. The summed E-state index contributed by atoms with van der Waals surface area (Å²) in [5.74, 6) is -0.502. The number of rotatable bonds is 4. The molecule has 1 aliphatic heterocycles. The molecule has 1 aromatic carbocycles. The van der Waals surface area contributed by atoms with Crippen LogP contribution in [0.15, 0.2) is 24.5 Å². The van der Waals surface area contributed by atoms with Gasteiger partial charge in [0.1, 0.15) is 30.2 Å². The van der Waals surface area contributed by atoms with Crippen LogP contribution in [0.1, 0.15) is 41.6 Å². The average molecular weight is 321 g/mol. The first-order chi connectivity index (χ1) is 11.7. The Morgan fingerprint density at radius 3 is 3.04 bits per heavy atom. The Morgan fingerprint density at radius 2 is 2.29 bits per heavy atom. The monoisotopic (exact) mass is 321 g/mol. The van der Waals surface area contributed by atoms with Crippen LogP contribution in [0.4, 0.5) is 11.5 Å². The maximum Gasteiger partial charge on any atom is 0.238 e. The number of aromatic nitrogens is 2. The van der Waals surface area contributed by atoms with Crippen molar-refractivity contribution in [3.63, 3.8) is 0 Å². The van der Waals surface area contributed by atoms with Gasteiger partial charge in [0.05, 0.1) is 17.3 Å². The molecule has 2 aromatic rings. The van der Waals surface area contributed by atoms with Crippen molar-refractivity contribution in [2.75, 3.05) is 17.6 Å². The number of anilines is 2. The van der Waals surface area contributed by atoms with Crippen molar-refractivity contribution in [3.05, 3.63) is 46.9 Å². The summed E-state index contributed by atoms with van der Waals surface area (Å²) in [6.45, 7) is 2.83. The van der Waals surface area contributed by atoms with E-state index >= 15 is 0 Å². The van der Waals surface area contributed by atoms with Crippen molar-refractivity contribution in [2.24, 2.45) is 0 Å². The fraction of sp³-hybridized carbons (Fsp3) is 0.235. The van der Waals surface area contributed by atoms with Gasteiger partial charge in [0.25, 0.3) is 0 Å². The number of hydrogen-bond acceptors (Lipinski definition) is 5. The molecule has 0 radical (unpaired) electrons. The normalized spacial score (nSPS) is 16.0. The Bertz CT molecular complexity index is 868. The number of carbonyl (C=O) groups is 1. The smallest absolute Gasteiger partial charge is 0.238 e. The molecule has 4 N–H and O–H groups in total. The van der Waals surface area contributed by atoms with Crippen LogP contribution >= 0.6 is 0 Å². The zero-order valence-electron chi connectivity index (χ0n) is 13.2. The Morgan fingerprint density at radius 1 is 1.46 bits per heavy atom. The zero-order chi connectivity index (χ0) is 17.1. The van der Waals surface area contributed by atoms with Gasteiger partial charge in [-0.15, -0.1) is 0 Å². The highest BCUT2D eigenvalue weighted by atomic mass is 16.2. The van der Waals surface area contributed by atoms with Gasteiger partial charge in [-0.1, -0.05) is 6.92 Å². The fourth-order valence-corrected chi connectivity index (χ4v) is 2.72. The van der Waals surface area contributed by atoms with Crippen LogP contribution in [0.25, 0.3) is 0 Å². The van der Waals surface area contributed by atoms with Gasteiger partial charge in [-0.25, -0.2) is 15.0 Å². The third-order valence-corrected chi connectivity index (χ3v) is 3.87. The molecule has 0 saturated carbocycles. The molecule has 120 valence electrons. The summed E-state index contributed by atoms with van der Waals surface area (Å²) in [5.41, 5.74) is 9.02. The van der Waals surface area contributed by atoms with E-state index < -0.39 is 5.92 Å². The summed E-state index contributed by atoms with van der Waals surface area (Å²) in [7, 11) is 0. The predicted octanol–water partition coefficient (Wildman–Crippen LogP) is -0.0760. The zero-order valence-corrected chi connectivity index (χ0v) is 13.2. The SMILES string of the molecule is CCC[NH+]=Cc1c(N)ncnc1C1C(=O)Nc2ccc(C#N)cc21. The van der Waals surface area contributed by atoms with Crippen LogP contribution in [0, 0.1) is 11.3 Å². The second-order valence-electron chi connectivity index (χ2n) is 5.49. The number of nitrogen functional groups attached to an aromatic ring is 1. The summed E-state index contributed by atoms with van der Waals surface area (Å²) >= 11 is 0. The Kier molecular flexibility index (Phi) is 4.20. The fourth-order valence-electron chi connectivity index (χ4n) is 2.72. The molecule has 1 unspecified atom stereocenters. The maximum absolute atomic E-state index is 12.5. The number of nitrogens with zero attached hydrogens (tertiary/aromatic N) is 3. The summed E-state index contributed by atoms with van der Waals surface area (Å²) in [4.78, 5) is 24.0. The highest BCUT2D eigenvalue weighted by Crippen LogP contribution is 2.38. The van der Waals surface area contributed by atoms with Gasteiger partial charge in [-0.2, -0.15) is 5.26 Å². The first-order valence-electron chi connectivity index (χ1n) is 7.67. The van der Waals surface area contributed by atoms with Crippen LogP contribution in [0.3, 0.4) is 0 Å². The standard InChI is InChI=1S/C17H16N6O/c1-2-5-20-8-12-15(21-9-22-16(12)19)14-11-6-10(7-18)3-4-13(11)23-17(14)24/h3-4,6,8-9,14H,2,5H2,1H3,(H,23,24)(H2,19,21,22)/p+1. The molecule has 0 saturated heterocycles. The molecule has 7 nitrogen and oxygen atoms in total. The molecule has 1 atom stereocenters. The van der Waals surface area contributed by atoms with E-state index in [0.717, 1.165) is 18.5 Å². The van der Waals surface area contributed by atoms with Crippen molar-refractivity contribution < 1.29 is 9.79 Å². The van der Waals surface area contributed by atoms with Gasteiger partial charge in [0, 0.05) is 12.1 Å². The molecule has 3 rings (SSSR count). The number of fused-ring (bicyclic) bond motifs is 1. The minimum Gasteiger partial charge on any atom is -0.383 e. The first kappa shape index (κ1) is 15.6. The van der Waals surface area contributed by atoms with Crippen molar-refractivity contribution in [2.45, 2.75) is 19.3 Å². The number of benzene rings is 1. The van der Waals surface area contributed by atoms with Crippen molar-refractivity contribution in [3.8, 4) is 6.07 Å². The average Bonchev–Trinajstić information content (AvgIpc) is 2.91. The van der Waals surface area contributed by atoms with E-state index in [-0.39, 0.29) is 5.91 Å². The van der Waals surface area contributed by atoms with E-state index in [2.05, 4.69) is 33.3 Å². The molecular weight excluding hydrogens is 304 g/mol. The maximum atomic E-state index is 12.5. The van der Waals surface area contributed by atoms with Gasteiger partial charge >= 0.3 is 0 Å². The summed E-state index contributed by atoms with van der Waals surface area (Å²) in [6, 6.07) is 7.21. The third-order valence-electron chi connectivity index (χ3n) is 3.87. The highest BCUT2D eigenvalue weighted by Gasteiger charge is 2.35. The molecule has 2 heterocycles. The molecule has 1 amide bonds.